The van der Waals surface area contributed by atoms with E-state index >= 15 is 0 Å². The Bertz CT molecular complexity index is 461. The van der Waals surface area contributed by atoms with E-state index < -0.39 is 0 Å². The van der Waals surface area contributed by atoms with Crippen molar-refractivity contribution >= 4 is 17.6 Å². The van der Waals surface area contributed by atoms with Gasteiger partial charge in [-0.3, -0.25) is 9.59 Å². The summed E-state index contributed by atoms with van der Waals surface area (Å²) in [5.41, 5.74) is 0.235. The first-order chi connectivity index (χ1) is 10.1. The molecule has 0 bridgehead atoms. The molecule has 116 valence electrons. The summed E-state index contributed by atoms with van der Waals surface area (Å²) in [5.74, 6) is 0.224. The summed E-state index contributed by atoms with van der Waals surface area (Å²) in [6, 6.07) is 0.151. The lowest BCUT2D eigenvalue weighted by molar-refractivity contribution is -0.121. The third kappa shape index (κ3) is 6.20. The molecule has 0 aliphatic heterocycles. The number of aromatic nitrogens is 2. The first-order valence-corrected chi connectivity index (χ1v) is 7.20. The molecule has 7 heteroatoms. The highest BCUT2D eigenvalue weighted by Gasteiger charge is 2.09. The second-order valence-corrected chi connectivity index (χ2v) is 4.70. The van der Waals surface area contributed by atoms with Crippen LogP contribution in [-0.2, 0) is 4.79 Å². The maximum atomic E-state index is 11.8. The van der Waals surface area contributed by atoms with Crippen LogP contribution in [0, 0.1) is 0 Å². The topological polar surface area (TPSA) is 96.0 Å². The third-order valence-corrected chi connectivity index (χ3v) is 2.90. The molecule has 0 aliphatic rings. The fraction of sp³-hybridized carbons (Fsp3) is 0.571. The molecular weight excluding hydrogens is 270 g/mol. The number of hydrogen-bond acceptors (Lipinski definition) is 5. The van der Waals surface area contributed by atoms with Crippen molar-refractivity contribution in [2.45, 2.75) is 39.7 Å². The Hall–Kier alpha value is -2.18. The van der Waals surface area contributed by atoms with Crippen LogP contribution in [0.5, 0.6) is 0 Å². The molecule has 0 fully saturated rings. The molecule has 0 aromatic carbocycles. The van der Waals surface area contributed by atoms with Crippen LogP contribution in [-0.4, -0.2) is 40.9 Å². The van der Waals surface area contributed by atoms with Gasteiger partial charge in [-0.1, -0.05) is 6.92 Å². The number of amides is 2. The van der Waals surface area contributed by atoms with Crippen molar-refractivity contribution < 1.29 is 9.59 Å². The van der Waals surface area contributed by atoms with Gasteiger partial charge in [0.15, 0.2) is 0 Å². The lowest BCUT2D eigenvalue weighted by Crippen LogP contribution is -2.35. The highest BCUT2D eigenvalue weighted by Crippen LogP contribution is 2.00. The molecule has 0 saturated heterocycles. The number of carbonyl (C=O) groups excluding carboxylic acids is 2. The summed E-state index contributed by atoms with van der Waals surface area (Å²) in [4.78, 5) is 31.4. The predicted molar refractivity (Wildman–Crippen MR) is 81.0 cm³/mol. The Balaban J connectivity index is 2.35. The highest BCUT2D eigenvalue weighted by atomic mass is 16.2. The van der Waals surface area contributed by atoms with E-state index in [1.165, 1.54) is 12.4 Å². The van der Waals surface area contributed by atoms with E-state index in [9.17, 15) is 9.59 Å². The minimum absolute atomic E-state index is 0.0711. The van der Waals surface area contributed by atoms with Crippen molar-refractivity contribution in [3.8, 4) is 0 Å². The molecule has 1 atom stereocenters. The third-order valence-electron chi connectivity index (χ3n) is 2.90. The Morgan fingerprint density at radius 2 is 2.00 bits per heavy atom. The van der Waals surface area contributed by atoms with E-state index in [0.717, 1.165) is 13.0 Å². The number of carbonyl (C=O) groups is 2. The van der Waals surface area contributed by atoms with Gasteiger partial charge in [0.25, 0.3) is 5.91 Å². The molecule has 1 rings (SSSR count). The number of hydrogen-bond donors (Lipinski definition) is 3. The minimum atomic E-state index is -0.332. The van der Waals surface area contributed by atoms with E-state index in [0.29, 0.717) is 5.82 Å². The maximum Gasteiger partial charge on any atom is 0.271 e. The van der Waals surface area contributed by atoms with Gasteiger partial charge >= 0.3 is 0 Å². The van der Waals surface area contributed by atoms with Crippen molar-refractivity contribution in [2.24, 2.45) is 0 Å². The van der Waals surface area contributed by atoms with Gasteiger partial charge in [0.1, 0.15) is 11.5 Å². The molecule has 0 saturated carbocycles. The number of nitrogens with one attached hydrogen (secondary N) is 3. The van der Waals surface area contributed by atoms with Gasteiger partial charge in [-0.05, 0) is 20.3 Å². The van der Waals surface area contributed by atoms with Crippen LogP contribution in [0.2, 0.25) is 0 Å². The Kier molecular flexibility index (Phi) is 7.14. The quantitative estimate of drug-likeness (QED) is 0.663. The zero-order valence-corrected chi connectivity index (χ0v) is 12.8. The molecule has 21 heavy (non-hydrogen) atoms. The molecule has 3 N–H and O–H groups in total. The Labute approximate surface area is 124 Å². The van der Waals surface area contributed by atoms with E-state index in [2.05, 4.69) is 25.9 Å². The van der Waals surface area contributed by atoms with Crippen LogP contribution in [0.1, 0.15) is 44.1 Å². The zero-order valence-electron chi connectivity index (χ0n) is 12.8. The van der Waals surface area contributed by atoms with Gasteiger partial charge in [0.2, 0.25) is 5.91 Å². The van der Waals surface area contributed by atoms with E-state index in [1.807, 2.05) is 20.8 Å². The van der Waals surface area contributed by atoms with Crippen LogP contribution in [0.25, 0.3) is 0 Å². The van der Waals surface area contributed by atoms with Crippen molar-refractivity contribution in [1.29, 1.82) is 0 Å². The average molecular weight is 293 g/mol. The Morgan fingerprint density at radius 1 is 1.24 bits per heavy atom. The molecule has 7 nitrogen and oxygen atoms in total. The lowest BCUT2D eigenvalue weighted by Gasteiger charge is -2.11. The lowest BCUT2D eigenvalue weighted by atomic mass is 10.2. The molecule has 1 aromatic rings. The van der Waals surface area contributed by atoms with E-state index in [4.69, 9.17) is 0 Å². The molecule has 2 amide bonds. The molecule has 0 aliphatic carbocycles. The second-order valence-electron chi connectivity index (χ2n) is 4.70. The summed E-state index contributed by atoms with van der Waals surface area (Å²) in [7, 11) is 0. The van der Waals surface area contributed by atoms with Crippen LogP contribution in [0.15, 0.2) is 12.4 Å². The zero-order chi connectivity index (χ0) is 15.7. The van der Waals surface area contributed by atoms with E-state index in [-0.39, 0.29) is 36.5 Å². The van der Waals surface area contributed by atoms with Crippen molar-refractivity contribution in [2.75, 3.05) is 18.4 Å². The van der Waals surface area contributed by atoms with Gasteiger partial charge in [0.05, 0.1) is 12.4 Å². The normalized spacial score (nSPS) is 11.6. The standard InChI is InChI=1S/C14H23N5O2/c1-4-10(3)19-13(20)6-7-16-14(21)11-8-18-12(9-17-11)15-5-2/h8-10H,4-7H2,1-3H3,(H,15,18)(H,16,21)(H,19,20). The van der Waals surface area contributed by atoms with Gasteiger partial charge < -0.3 is 16.0 Å². The smallest absolute Gasteiger partial charge is 0.271 e. The average Bonchev–Trinajstić information content (AvgIpc) is 2.48. The summed E-state index contributed by atoms with van der Waals surface area (Å²) in [5, 5.41) is 8.49. The minimum Gasteiger partial charge on any atom is -0.369 e. The van der Waals surface area contributed by atoms with Crippen LogP contribution < -0.4 is 16.0 Å². The Morgan fingerprint density at radius 3 is 2.57 bits per heavy atom. The summed E-state index contributed by atoms with van der Waals surface area (Å²) < 4.78 is 0. The molecule has 1 unspecified atom stereocenters. The van der Waals surface area contributed by atoms with Crippen molar-refractivity contribution in [1.82, 2.24) is 20.6 Å². The van der Waals surface area contributed by atoms with Gasteiger partial charge in [-0.25, -0.2) is 9.97 Å². The SMILES string of the molecule is CCNc1cnc(C(=O)NCCC(=O)NC(C)CC)cn1. The first kappa shape index (κ1) is 16.9. The molecule has 0 radical (unpaired) electrons. The van der Waals surface area contributed by atoms with Crippen LogP contribution in [0.4, 0.5) is 5.82 Å². The molecule has 0 spiro atoms. The first-order valence-electron chi connectivity index (χ1n) is 7.20. The molecular formula is C14H23N5O2. The summed E-state index contributed by atoms with van der Waals surface area (Å²) in [6.07, 6.45) is 4.05. The monoisotopic (exact) mass is 293 g/mol. The largest absolute Gasteiger partial charge is 0.369 e. The van der Waals surface area contributed by atoms with Crippen LogP contribution >= 0.6 is 0 Å². The summed E-state index contributed by atoms with van der Waals surface area (Å²) >= 11 is 0. The van der Waals surface area contributed by atoms with E-state index in [1.54, 1.807) is 0 Å². The fourth-order valence-corrected chi connectivity index (χ4v) is 1.55. The van der Waals surface area contributed by atoms with Crippen molar-refractivity contribution in [3.05, 3.63) is 18.1 Å². The second kappa shape index (κ2) is 8.89. The van der Waals surface area contributed by atoms with Crippen LogP contribution in [0.3, 0.4) is 0 Å². The van der Waals surface area contributed by atoms with Gasteiger partial charge in [0, 0.05) is 25.6 Å². The maximum absolute atomic E-state index is 11.8. The number of nitrogens with zero attached hydrogens (tertiary/aromatic N) is 2. The molecule has 1 aromatic heterocycles. The highest BCUT2D eigenvalue weighted by molar-refractivity contribution is 5.92. The summed E-state index contributed by atoms with van der Waals surface area (Å²) in [6.45, 7) is 6.91. The number of anilines is 1. The van der Waals surface area contributed by atoms with Gasteiger partial charge in [-0.15, -0.1) is 0 Å². The van der Waals surface area contributed by atoms with Crippen molar-refractivity contribution in [3.63, 3.8) is 0 Å². The van der Waals surface area contributed by atoms with Gasteiger partial charge in [-0.2, -0.15) is 0 Å². The fourth-order valence-electron chi connectivity index (χ4n) is 1.55. The predicted octanol–water partition coefficient (Wildman–Crippen LogP) is 0.943. The number of rotatable bonds is 8. The molecule has 1 heterocycles.